The summed E-state index contributed by atoms with van der Waals surface area (Å²) in [5.74, 6) is 0. The summed E-state index contributed by atoms with van der Waals surface area (Å²) in [5, 5.41) is 6.96. The fraction of sp³-hybridized carbons (Fsp3) is 0. The Kier molecular flexibility index (Phi) is 6.28. The molecule has 0 aliphatic heterocycles. The number of rotatable bonds is 4. The maximum Gasteiger partial charge on any atom is 0.194 e. The molecule has 4 nitrogen and oxygen atoms in total. The first-order valence-electron chi connectivity index (χ1n) is 17.8. The van der Waals surface area contributed by atoms with Crippen LogP contribution in [0.1, 0.15) is 0 Å². The Labute approximate surface area is 304 Å². The third-order valence-corrected chi connectivity index (χ3v) is 10.8. The van der Waals surface area contributed by atoms with Crippen LogP contribution >= 0.6 is 0 Å². The van der Waals surface area contributed by atoms with Gasteiger partial charge < -0.3 is 13.6 Å². The zero-order valence-electron chi connectivity index (χ0n) is 28.5. The Balaban J connectivity index is 1.20. The molecule has 0 atom stereocenters. The highest BCUT2D eigenvalue weighted by atomic mass is 16.3. The minimum atomic E-state index is 0.654. The van der Waals surface area contributed by atoms with Crippen molar-refractivity contribution in [2.24, 2.45) is 0 Å². The molecule has 3 heterocycles. The predicted octanol–water partition coefficient (Wildman–Crippen LogP) is 13.7. The fourth-order valence-electron chi connectivity index (χ4n) is 8.43. The van der Waals surface area contributed by atoms with Gasteiger partial charge in [0, 0.05) is 38.2 Å². The Morgan fingerprint density at radius 3 is 1.74 bits per heavy atom. The number of nitrogens with zero attached hydrogens (tertiary/aromatic N) is 3. The first-order chi connectivity index (χ1) is 26.3. The predicted molar refractivity (Wildman–Crippen MR) is 220 cm³/mol. The standard InChI is InChI=1S/C49H29N3O/c1-50-41-17-7-2-12-34(41)31-22-24-32(25-23-31)35-27-26-33(30-46(35)52-42-18-8-3-13-36(42)37-14-4-9-19-43(37)52)51-44-20-10-5-16-40(44)48-45(51)29-28-39-38-15-6-11-21-47(38)53-49(39)48/h2-30H. The van der Waals surface area contributed by atoms with Gasteiger partial charge >= 0.3 is 0 Å². The molecule has 0 aliphatic carbocycles. The molecule has 0 N–H and O–H groups in total. The molecule has 0 saturated carbocycles. The fourth-order valence-corrected chi connectivity index (χ4v) is 8.43. The van der Waals surface area contributed by atoms with Gasteiger partial charge in [0.05, 0.1) is 39.7 Å². The van der Waals surface area contributed by atoms with Crippen molar-refractivity contribution < 1.29 is 4.42 Å². The van der Waals surface area contributed by atoms with Crippen LogP contribution in [0.5, 0.6) is 0 Å². The SMILES string of the molecule is [C-]#[N+]c1ccccc1-c1ccc(-c2ccc(-n3c4ccccc4c4c5oc6ccccc6c5ccc43)cc2-n2c3ccccc3c3ccccc32)cc1. The van der Waals surface area contributed by atoms with Crippen molar-refractivity contribution in [1.82, 2.24) is 9.13 Å². The highest BCUT2D eigenvalue weighted by molar-refractivity contribution is 6.24. The molecular formula is C49H29N3O. The Morgan fingerprint density at radius 1 is 0.434 bits per heavy atom. The Hall–Kier alpha value is -7.35. The van der Waals surface area contributed by atoms with Gasteiger partial charge in [0.1, 0.15) is 11.2 Å². The van der Waals surface area contributed by atoms with E-state index in [4.69, 9.17) is 11.0 Å². The number of hydrogen-bond acceptors (Lipinski definition) is 1. The van der Waals surface area contributed by atoms with Crippen LogP contribution in [-0.4, -0.2) is 9.13 Å². The van der Waals surface area contributed by atoms with E-state index in [1.807, 2.05) is 36.4 Å². The maximum atomic E-state index is 7.71. The van der Waals surface area contributed by atoms with E-state index in [0.717, 1.165) is 88.4 Å². The van der Waals surface area contributed by atoms with Crippen molar-refractivity contribution in [2.75, 3.05) is 0 Å². The molecule has 0 unspecified atom stereocenters. The van der Waals surface area contributed by atoms with E-state index in [2.05, 4.69) is 154 Å². The highest BCUT2D eigenvalue weighted by Gasteiger charge is 2.21. The molecule has 11 aromatic rings. The van der Waals surface area contributed by atoms with Gasteiger partial charge in [-0.1, -0.05) is 127 Å². The number of aromatic nitrogens is 2. The lowest BCUT2D eigenvalue weighted by Crippen LogP contribution is -2.01. The number of furan rings is 1. The third kappa shape index (κ3) is 4.29. The van der Waals surface area contributed by atoms with Crippen molar-refractivity contribution in [1.29, 1.82) is 0 Å². The Morgan fingerprint density at radius 2 is 1.02 bits per heavy atom. The van der Waals surface area contributed by atoms with Crippen LogP contribution in [0.15, 0.2) is 180 Å². The van der Waals surface area contributed by atoms with Gasteiger partial charge in [-0.3, -0.25) is 0 Å². The zero-order valence-corrected chi connectivity index (χ0v) is 28.5. The first-order valence-corrected chi connectivity index (χ1v) is 17.8. The van der Waals surface area contributed by atoms with Crippen LogP contribution < -0.4 is 0 Å². The van der Waals surface area contributed by atoms with Gasteiger partial charge in [-0.25, -0.2) is 4.85 Å². The summed E-state index contributed by atoms with van der Waals surface area (Å²) in [6.07, 6.45) is 0. The van der Waals surface area contributed by atoms with E-state index in [1.165, 1.54) is 10.8 Å². The van der Waals surface area contributed by atoms with Gasteiger partial charge in [-0.2, -0.15) is 0 Å². The molecule has 53 heavy (non-hydrogen) atoms. The molecule has 246 valence electrons. The average Bonchev–Trinajstić information content (AvgIpc) is 3.88. The number of hydrogen-bond donors (Lipinski definition) is 0. The van der Waals surface area contributed by atoms with E-state index < -0.39 is 0 Å². The topological polar surface area (TPSA) is 27.4 Å². The summed E-state index contributed by atoms with van der Waals surface area (Å²) in [4.78, 5) is 3.78. The summed E-state index contributed by atoms with van der Waals surface area (Å²) < 4.78 is 11.4. The van der Waals surface area contributed by atoms with Crippen LogP contribution in [0.25, 0.3) is 104 Å². The van der Waals surface area contributed by atoms with Crippen LogP contribution in [0, 0.1) is 6.57 Å². The van der Waals surface area contributed by atoms with Crippen molar-refractivity contribution in [3.8, 4) is 33.6 Å². The molecule has 11 rings (SSSR count). The molecule has 4 heteroatoms. The quantitative estimate of drug-likeness (QED) is 0.171. The monoisotopic (exact) mass is 675 g/mol. The molecular weight excluding hydrogens is 647 g/mol. The number of benzene rings is 8. The van der Waals surface area contributed by atoms with Crippen molar-refractivity contribution >= 4 is 71.2 Å². The minimum absolute atomic E-state index is 0.654. The molecule has 0 bridgehead atoms. The van der Waals surface area contributed by atoms with Crippen LogP contribution in [-0.2, 0) is 0 Å². The lowest BCUT2D eigenvalue weighted by Gasteiger charge is -2.18. The summed E-state index contributed by atoms with van der Waals surface area (Å²) in [6.45, 7) is 7.71. The average molecular weight is 676 g/mol. The molecule has 0 spiro atoms. The van der Waals surface area contributed by atoms with Gasteiger partial charge in [-0.15, -0.1) is 0 Å². The highest BCUT2D eigenvalue weighted by Crippen LogP contribution is 2.43. The molecule has 0 fully saturated rings. The number of para-hydroxylation sites is 5. The molecule has 0 amide bonds. The molecule has 0 aliphatic rings. The third-order valence-electron chi connectivity index (χ3n) is 10.8. The van der Waals surface area contributed by atoms with Crippen molar-refractivity contribution in [3.05, 3.63) is 187 Å². The van der Waals surface area contributed by atoms with Gasteiger partial charge in [-0.05, 0) is 65.2 Å². The largest absolute Gasteiger partial charge is 0.455 e. The zero-order chi connectivity index (χ0) is 35.0. The summed E-state index contributed by atoms with van der Waals surface area (Å²) >= 11 is 0. The second-order valence-corrected chi connectivity index (χ2v) is 13.6. The second-order valence-electron chi connectivity index (χ2n) is 13.6. The van der Waals surface area contributed by atoms with Crippen LogP contribution in [0.4, 0.5) is 5.69 Å². The first kappa shape index (κ1) is 29.4. The molecule has 0 radical (unpaired) electrons. The van der Waals surface area contributed by atoms with E-state index in [9.17, 15) is 0 Å². The van der Waals surface area contributed by atoms with Gasteiger partial charge in [0.15, 0.2) is 5.69 Å². The lowest BCUT2D eigenvalue weighted by molar-refractivity contribution is 0.673. The van der Waals surface area contributed by atoms with Crippen molar-refractivity contribution in [3.63, 3.8) is 0 Å². The summed E-state index contributed by atoms with van der Waals surface area (Å²) in [6, 6.07) is 62.0. The van der Waals surface area contributed by atoms with E-state index in [-0.39, 0.29) is 0 Å². The van der Waals surface area contributed by atoms with E-state index >= 15 is 0 Å². The van der Waals surface area contributed by atoms with Crippen molar-refractivity contribution in [2.45, 2.75) is 0 Å². The maximum absolute atomic E-state index is 7.71. The van der Waals surface area contributed by atoms with Crippen LogP contribution in [0.2, 0.25) is 0 Å². The summed E-state index contributed by atoms with van der Waals surface area (Å²) in [7, 11) is 0. The number of fused-ring (bicyclic) bond motifs is 10. The van der Waals surface area contributed by atoms with Gasteiger partial charge in [0.25, 0.3) is 0 Å². The minimum Gasteiger partial charge on any atom is -0.455 e. The van der Waals surface area contributed by atoms with E-state index in [1.54, 1.807) is 0 Å². The molecule has 0 saturated heterocycles. The van der Waals surface area contributed by atoms with E-state index in [0.29, 0.717) is 5.69 Å². The Bertz CT molecular complexity index is 3240. The van der Waals surface area contributed by atoms with Crippen LogP contribution in [0.3, 0.4) is 0 Å². The van der Waals surface area contributed by atoms with Gasteiger partial charge in [0.2, 0.25) is 0 Å². The molecule has 3 aromatic heterocycles. The lowest BCUT2D eigenvalue weighted by atomic mass is 9.98. The smallest absolute Gasteiger partial charge is 0.194 e. The normalized spacial score (nSPS) is 11.8. The molecule has 8 aromatic carbocycles. The second kappa shape index (κ2) is 11.3. The summed E-state index contributed by atoms with van der Waals surface area (Å²) in [5.41, 5.74) is 13.3.